The van der Waals surface area contributed by atoms with Crippen molar-refractivity contribution in [3.05, 3.63) is 23.3 Å². The number of unbranched alkanes of at least 4 members (excludes halogenated alkanes) is 1. The molecule has 0 aliphatic rings. The van der Waals surface area contributed by atoms with E-state index < -0.39 is 26.4 Å². The third kappa shape index (κ3) is 3.63. The summed E-state index contributed by atoms with van der Waals surface area (Å²) >= 11 is 0. The Morgan fingerprint density at radius 2 is 1.95 bits per heavy atom. The number of nitrogens with two attached hydrogens (primary N) is 1. The predicted molar refractivity (Wildman–Crippen MR) is 68.0 cm³/mol. The summed E-state index contributed by atoms with van der Waals surface area (Å²) in [5, 5.41) is 0. The van der Waals surface area contributed by atoms with E-state index in [0.29, 0.717) is 31.4 Å². The summed E-state index contributed by atoms with van der Waals surface area (Å²) in [7, 11) is -2.77. The molecule has 0 unspecified atom stereocenters. The van der Waals surface area contributed by atoms with Gasteiger partial charge in [0.25, 0.3) is 0 Å². The molecule has 0 saturated carbocycles. The molecule has 0 heterocycles. The monoisotopic (exact) mass is 293 g/mol. The lowest BCUT2D eigenvalue weighted by molar-refractivity contribution is 0.369. The Kier molecular flexibility index (Phi) is 5.25. The molecular weight excluding hydrogens is 276 g/mol. The van der Waals surface area contributed by atoms with Crippen molar-refractivity contribution in [3.63, 3.8) is 0 Å². The number of halogens is 2. The quantitative estimate of drug-likeness (QED) is 0.810. The van der Waals surface area contributed by atoms with Gasteiger partial charge >= 0.3 is 0 Å². The number of hydrogen-bond acceptors (Lipinski definition) is 4. The van der Waals surface area contributed by atoms with Crippen LogP contribution in [0.4, 0.5) is 8.78 Å². The molecule has 0 aliphatic heterocycles. The first-order valence-electron chi connectivity index (χ1n) is 5.78. The lowest BCUT2D eigenvalue weighted by Crippen LogP contribution is -2.09. The van der Waals surface area contributed by atoms with Gasteiger partial charge in [-0.05, 0) is 31.9 Å². The molecule has 4 nitrogen and oxygen atoms in total. The highest BCUT2D eigenvalue weighted by atomic mass is 32.2. The number of benzene rings is 1. The van der Waals surface area contributed by atoms with Crippen LogP contribution >= 0.6 is 0 Å². The molecule has 1 aromatic carbocycles. The van der Waals surface area contributed by atoms with E-state index in [2.05, 4.69) is 0 Å². The molecule has 1 aromatic rings. The summed E-state index contributed by atoms with van der Waals surface area (Å²) < 4.78 is 55.3. The third-order valence-corrected chi connectivity index (χ3v) is 3.80. The molecule has 0 bridgehead atoms. The minimum atomic E-state index is -3.99. The summed E-state index contributed by atoms with van der Waals surface area (Å²) in [6, 6.07) is 1.01. The van der Waals surface area contributed by atoms with Gasteiger partial charge in [-0.2, -0.15) is 0 Å². The van der Waals surface area contributed by atoms with Gasteiger partial charge < -0.3 is 10.5 Å². The van der Waals surface area contributed by atoms with Crippen molar-refractivity contribution >= 4 is 9.84 Å². The van der Waals surface area contributed by atoms with E-state index in [-0.39, 0.29) is 5.75 Å². The van der Waals surface area contributed by atoms with Crippen LogP contribution in [-0.4, -0.2) is 28.3 Å². The van der Waals surface area contributed by atoms with E-state index in [1.54, 1.807) is 0 Å². The second kappa shape index (κ2) is 6.29. The maximum atomic E-state index is 14.0. The smallest absolute Gasteiger partial charge is 0.186 e. The lowest BCUT2D eigenvalue weighted by atomic mass is 10.1. The van der Waals surface area contributed by atoms with E-state index in [9.17, 15) is 17.2 Å². The summed E-state index contributed by atoms with van der Waals surface area (Å²) in [6.07, 6.45) is 2.48. The standard InChI is InChI=1S/C12H17F2NO3S/c1-18-11-8(5-3-4-6-15)7-9(13)12(10(11)14)19(2,16)17/h7H,3-6,15H2,1-2H3. The minimum absolute atomic E-state index is 0.223. The van der Waals surface area contributed by atoms with Gasteiger partial charge in [-0.3, -0.25) is 0 Å². The molecular formula is C12H17F2NO3S. The summed E-state index contributed by atoms with van der Waals surface area (Å²) in [4.78, 5) is -0.952. The summed E-state index contributed by atoms with van der Waals surface area (Å²) in [5.41, 5.74) is 5.65. The van der Waals surface area contributed by atoms with Gasteiger partial charge in [0.15, 0.2) is 21.4 Å². The zero-order valence-corrected chi connectivity index (χ0v) is 11.7. The fourth-order valence-electron chi connectivity index (χ4n) is 1.84. The van der Waals surface area contributed by atoms with Crippen molar-refractivity contribution in [1.82, 2.24) is 0 Å². The fraction of sp³-hybridized carbons (Fsp3) is 0.500. The first kappa shape index (κ1) is 15.8. The first-order chi connectivity index (χ1) is 8.82. The van der Waals surface area contributed by atoms with E-state index in [0.717, 1.165) is 12.3 Å². The van der Waals surface area contributed by atoms with Crippen LogP contribution in [0.15, 0.2) is 11.0 Å². The van der Waals surface area contributed by atoms with Crippen molar-refractivity contribution in [2.24, 2.45) is 5.73 Å². The Morgan fingerprint density at radius 1 is 1.32 bits per heavy atom. The number of sulfone groups is 1. The number of methoxy groups -OCH3 is 1. The largest absolute Gasteiger partial charge is 0.493 e. The predicted octanol–water partition coefficient (Wildman–Crippen LogP) is 1.66. The Bertz CT molecular complexity index is 559. The molecule has 0 aromatic heterocycles. The van der Waals surface area contributed by atoms with Gasteiger partial charge in [0.1, 0.15) is 10.7 Å². The average Bonchev–Trinajstić information content (AvgIpc) is 2.27. The molecule has 0 radical (unpaired) electrons. The third-order valence-electron chi connectivity index (χ3n) is 2.68. The highest BCUT2D eigenvalue weighted by Gasteiger charge is 2.25. The molecule has 1 rings (SSSR count). The van der Waals surface area contributed by atoms with Crippen LogP contribution in [-0.2, 0) is 16.3 Å². The number of ether oxygens (including phenoxy) is 1. The topological polar surface area (TPSA) is 69.4 Å². The van der Waals surface area contributed by atoms with E-state index >= 15 is 0 Å². The van der Waals surface area contributed by atoms with Crippen LogP contribution in [0, 0.1) is 11.6 Å². The van der Waals surface area contributed by atoms with Crippen LogP contribution in [0.25, 0.3) is 0 Å². The summed E-state index contributed by atoms with van der Waals surface area (Å²) in [5.74, 6) is -2.49. The van der Waals surface area contributed by atoms with Gasteiger partial charge in [-0.25, -0.2) is 17.2 Å². The van der Waals surface area contributed by atoms with Gasteiger partial charge in [0.2, 0.25) is 0 Å². The van der Waals surface area contributed by atoms with Gasteiger partial charge in [0, 0.05) is 11.8 Å². The molecule has 0 spiro atoms. The Hall–Kier alpha value is -1.21. The average molecular weight is 293 g/mol. The number of rotatable bonds is 6. The van der Waals surface area contributed by atoms with Crippen LogP contribution in [0.3, 0.4) is 0 Å². The summed E-state index contributed by atoms with van der Waals surface area (Å²) in [6.45, 7) is 0.481. The fourth-order valence-corrected chi connectivity index (χ4v) is 2.67. The van der Waals surface area contributed by atoms with Crippen LogP contribution in [0.1, 0.15) is 18.4 Å². The van der Waals surface area contributed by atoms with Crippen LogP contribution in [0.5, 0.6) is 5.75 Å². The molecule has 108 valence electrons. The second-order valence-corrected chi connectivity index (χ2v) is 6.16. The van der Waals surface area contributed by atoms with Crippen LogP contribution < -0.4 is 10.5 Å². The van der Waals surface area contributed by atoms with Gasteiger partial charge in [-0.1, -0.05) is 0 Å². The van der Waals surface area contributed by atoms with E-state index in [1.165, 1.54) is 7.11 Å². The lowest BCUT2D eigenvalue weighted by Gasteiger charge is -2.13. The highest BCUT2D eigenvalue weighted by molar-refractivity contribution is 7.90. The molecule has 19 heavy (non-hydrogen) atoms. The number of aryl methyl sites for hydroxylation is 1. The molecule has 0 fully saturated rings. The zero-order chi connectivity index (χ0) is 14.6. The van der Waals surface area contributed by atoms with Crippen molar-refractivity contribution in [2.45, 2.75) is 24.2 Å². The maximum absolute atomic E-state index is 14.0. The maximum Gasteiger partial charge on any atom is 0.186 e. The van der Waals surface area contributed by atoms with Crippen molar-refractivity contribution < 1.29 is 21.9 Å². The molecule has 0 aliphatic carbocycles. The SMILES string of the molecule is COc1c(CCCCN)cc(F)c(S(C)(=O)=O)c1F. The molecule has 2 N–H and O–H groups in total. The van der Waals surface area contributed by atoms with Gasteiger partial charge in [-0.15, -0.1) is 0 Å². The molecule has 0 atom stereocenters. The van der Waals surface area contributed by atoms with Crippen molar-refractivity contribution in [3.8, 4) is 5.75 Å². The Balaban J connectivity index is 3.30. The normalized spacial score (nSPS) is 11.6. The van der Waals surface area contributed by atoms with Gasteiger partial charge in [0.05, 0.1) is 7.11 Å². The second-order valence-electron chi connectivity index (χ2n) is 4.21. The van der Waals surface area contributed by atoms with E-state index in [4.69, 9.17) is 10.5 Å². The molecule has 0 amide bonds. The Morgan fingerprint density at radius 3 is 2.42 bits per heavy atom. The van der Waals surface area contributed by atoms with E-state index in [1.807, 2.05) is 0 Å². The molecule has 0 saturated heterocycles. The first-order valence-corrected chi connectivity index (χ1v) is 7.67. The molecule has 7 heteroatoms. The van der Waals surface area contributed by atoms with Crippen molar-refractivity contribution in [2.75, 3.05) is 19.9 Å². The van der Waals surface area contributed by atoms with Crippen molar-refractivity contribution in [1.29, 1.82) is 0 Å². The minimum Gasteiger partial charge on any atom is -0.493 e. The van der Waals surface area contributed by atoms with Crippen LogP contribution in [0.2, 0.25) is 0 Å². The number of hydrogen-bond donors (Lipinski definition) is 1. The highest BCUT2D eigenvalue weighted by Crippen LogP contribution is 2.31. The Labute approximate surface area is 111 Å². The zero-order valence-electron chi connectivity index (χ0n) is 10.9.